The van der Waals surface area contributed by atoms with Crippen LogP contribution in [-0.2, 0) is 12.8 Å². The van der Waals surface area contributed by atoms with Crippen LogP contribution in [0.4, 0.5) is 13.2 Å². The van der Waals surface area contributed by atoms with Gasteiger partial charge >= 0.3 is 0 Å². The first-order valence-electron chi connectivity index (χ1n) is 11.2. The number of aryl methyl sites for hydroxylation is 2. The van der Waals surface area contributed by atoms with Crippen molar-refractivity contribution in [2.75, 3.05) is 6.61 Å². The first-order valence-corrected chi connectivity index (χ1v) is 11.2. The normalized spacial score (nSPS) is 10.9. The third kappa shape index (κ3) is 5.04. The van der Waals surface area contributed by atoms with E-state index < -0.39 is 17.2 Å². The lowest BCUT2D eigenvalue weighted by molar-refractivity contribution is 0.308. The van der Waals surface area contributed by atoms with Crippen molar-refractivity contribution in [1.82, 2.24) is 4.98 Å². The Labute approximate surface area is 196 Å². The quantitative estimate of drug-likeness (QED) is 0.262. The molecule has 0 fully saturated rings. The minimum atomic E-state index is -0.904. The topological polar surface area (TPSA) is 45.9 Å². The molecule has 4 aromatic rings. The van der Waals surface area contributed by atoms with Crippen molar-refractivity contribution >= 4 is 10.8 Å². The minimum absolute atomic E-state index is 0.247. The number of halogens is 3. The van der Waals surface area contributed by atoms with Gasteiger partial charge in [0, 0.05) is 10.9 Å². The van der Waals surface area contributed by atoms with E-state index in [1.807, 2.05) is 30.3 Å². The van der Waals surface area contributed by atoms with Crippen LogP contribution in [0.25, 0.3) is 22.0 Å². The van der Waals surface area contributed by atoms with Gasteiger partial charge in [-0.05, 0) is 66.1 Å². The number of nitrogens with zero attached hydrogens (tertiary/aromatic N) is 2. The lowest BCUT2D eigenvalue weighted by Gasteiger charge is -2.10. The molecule has 0 amide bonds. The van der Waals surface area contributed by atoms with E-state index >= 15 is 4.39 Å². The van der Waals surface area contributed by atoms with Crippen molar-refractivity contribution in [3.05, 3.63) is 94.9 Å². The summed E-state index contributed by atoms with van der Waals surface area (Å²) in [7, 11) is 0. The zero-order chi connectivity index (χ0) is 24.1. The molecule has 1 aromatic heterocycles. The number of aromatic nitrogens is 1. The van der Waals surface area contributed by atoms with Crippen LogP contribution in [0.1, 0.15) is 36.5 Å². The fraction of sp³-hybridized carbons (Fsp3) is 0.214. The molecule has 0 atom stereocenters. The van der Waals surface area contributed by atoms with Crippen molar-refractivity contribution in [1.29, 1.82) is 5.26 Å². The maximum atomic E-state index is 15.2. The molecule has 0 bridgehead atoms. The number of hydrogen-bond donors (Lipinski definition) is 0. The van der Waals surface area contributed by atoms with E-state index in [2.05, 4.69) is 11.9 Å². The number of unbranched alkanes of at least 4 members (excludes halogenated alkanes) is 1. The Morgan fingerprint density at radius 3 is 2.41 bits per heavy atom. The predicted octanol–water partition coefficient (Wildman–Crippen LogP) is 7.15. The number of ether oxygens (including phenoxy) is 1. The third-order valence-electron chi connectivity index (χ3n) is 5.73. The highest BCUT2D eigenvalue weighted by atomic mass is 19.1. The van der Waals surface area contributed by atoms with E-state index in [9.17, 15) is 8.78 Å². The molecule has 0 aliphatic rings. The summed E-state index contributed by atoms with van der Waals surface area (Å²) in [4.78, 5) is 4.46. The molecule has 1 heterocycles. The summed E-state index contributed by atoms with van der Waals surface area (Å²) < 4.78 is 48.5. The zero-order valence-corrected chi connectivity index (χ0v) is 18.7. The zero-order valence-electron chi connectivity index (χ0n) is 18.7. The first-order chi connectivity index (χ1) is 16.5. The molecule has 0 saturated carbocycles. The summed E-state index contributed by atoms with van der Waals surface area (Å²) >= 11 is 0. The van der Waals surface area contributed by atoms with Crippen LogP contribution in [0, 0.1) is 28.8 Å². The van der Waals surface area contributed by atoms with Crippen molar-refractivity contribution in [3.63, 3.8) is 0 Å². The summed E-state index contributed by atoms with van der Waals surface area (Å²) in [5.41, 5.74) is 1.85. The second-order valence-corrected chi connectivity index (χ2v) is 8.10. The molecular weight excluding hydrogens is 437 g/mol. The Morgan fingerprint density at radius 1 is 0.941 bits per heavy atom. The second-order valence-electron chi connectivity index (χ2n) is 8.10. The number of hydrogen-bond acceptors (Lipinski definition) is 3. The SMILES string of the molecule is CCCCOc1ccc(-c2ccc3c(F)c(CCc4cc(F)c(C#N)c(F)c4)ccc3c2)nc1. The summed E-state index contributed by atoms with van der Waals surface area (Å²) in [5.74, 6) is -1.45. The predicted molar refractivity (Wildman–Crippen MR) is 126 cm³/mol. The minimum Gasteiger partial charge on any atom is -0.492 e. The molecule has 0 aliphatic carbocycles. The fourth-order valence-electron chi connectivity index (χ4n) is 3.82. The van der Waals surface area contributed by atoms with Crippen LogP contribution in [0.15, 0.2) is 60.8 Å². The maximum Gasteiger partial charge on any atom is 0.144 e. The fourth-order valence-corrected chi connectivity index (χ4v) is 3.82. The second kappa shape index (κ2) is 10.4. The smallest absolute Gasteiger partial charge is 0.144 e. The molecule has 4 rings (SSSR count). The lowest BCUT2D eigenvalue weighted by atomic mass is 9.98. The van der Waals surface area contributed by atoms with Gasteiger partial charge in [0.15, 0.2) is 0 Å². The van der Waals surface area contributed by atoms with Gasteiger partial charge in [-0.25, -0.2) is 13.2 Å². The Morgan fingerprint density at radius 2 is 1.74 bits per heavy atom. The maximum absolute atomic E-state index is 15.2. The molecule has 0 aliphatic heterocycles. The van der Waals surface area contributed by atoms with Gasteiger partial charge in [-0.15, -0.1) is 0 Å². The number of benzene rings is 3. The Bertz CT molecular complexity index is 1340. The van der Waals surface area contributed by atoms with Crippen LogP contribution in [-0.4, -0.2) is 11.6 Å². The van der Waals surface area contributed by atoms with Gasteiger partial charge in [-0.3, -0.25) is 4.98 Å². The summed E-state index contributed by atoms with van der Waals surface area (Å²) in [6, 6.07) is 16.5. The highest BCUT2D eigenvalue weighted by Crippen LogP contribution is 2.28. The average molecular weight is 460 g/mol. The molecule has 0 N–H and O–H groups in total. The number of rotatable bonds is 8. The monoisotopic (exact) mass is 460 g/mol. The Balaban J connectivity index is 1.51. The van der Waals surface area contributed by atoms with Crippen LogP contribution in [0.5, 0.6) is 5.75 Å². The van der Waals surface area contributed by atoms with Crippen molar-refractivity contribution in [3.8, 4) is 23.1 Å². The van der Waals surface area contributed by atoms with Gasteiger partial charge in [-0.2, -0.15) is 5.26 Å². The van der Waals surface area contributed by atoms with Gasteiger partial charge in [0.05, 0.1) is 18.5 Å². The van der Waals surface area contributed by atoms with E-state index in [1.54, 1.807) is 18.3 Å². The van der Waals surface area contributed by atoms with E-state index in [-0.39, 0.29) is 18.7 Å². The number of pyridine rings is 1. The van der Waals surface area contributed by atoms with Crippen LogP contribution < -0.4 is 4.74 Å². The van der Waals surface area contributed by atoms with E-state index in [4.69, 9.17) is 10.00 Å². The van der Waals surface area contributed by atoms with E-state index in [1.165, 1.54) is 6.07 Å². The van der Waals surface area contributed by atoms with E-state index in [0.29, 0.717) is 23.1 Å². The Kier molecular flexibility index (Phi) is 7.12. The summed E-state index contributed by atoms with van der Waals surface area (Å²) in [5, 5.41) is 10.00. The number of fused-ring (bicyclic) bond motifs is 1. The molecule has 3 nitrogen and oxygen atoms in total. The van der Waals surface area contributed by atoms with Crippen LogP contribution >= 0.6 is 0 Å². The molecule has 6 heteroatoms. The van der Waals surface area contributed by atoms with E-state index in [0.717, 1.165) is 47.4 Å². The molecule has 0 saturated heterocycles. The number of nitriles is 1. The molecule has 0 spiro atoms. The molecule has 0 unspecified atom stereocenters. The van der Waals surface area contributed by atoms with Crippen molar-refractivity contribution in [2.24, 2.45) is 0 Å². The van der Waals surface area contributed by atoms with Crippen LogP contribution in [0.3, 0.4) is 0 Å². The van der Waals surface area contributed by atoms with Crippen molar-refractivity contribution < 1.29 is 17.9 Å². The van der Waals surface area contributed by atoms with Gasteiger partial charge in [0.1, 0.15) is 34.8 Å². The van der Waals surface area contributed by atoms with Gasteiger partial charge < -0.3 is 4.74 Å². The Hall–Kier alpha value is -3.85. The van der Waals surface area contributed by atoms with Crippen molar-refractivity contribution in [2.45, 2.75) is 32.6 Å². The van der Waals surface area contributed by atoms with Gasteiger partial charge in [0.25, 0.3) is 0 Å². The highest BCUT2D eigenvalue weighted by molar-refractivity contribution is 5.88. The third-order valence-corrected chi connectivity index (χ3v) is 5.73. The van der Waals surface area contributed by atoms with Gasteiger partial charge in [-0.1, -0.05) is 37.6 Å². The largest absolute Gasteiger partial charge is 0.492 e. The lowest BCUT2D eigenvalue weighted by Crippen LogP contribution is -1.99. The van der Waals surface area contributed by atoms with Crippen LogP contribution in [0.2, 0.25) is 0 Å². The standard InChI is InChI=1S/C28H23F3N2O/c1-2-3-12-34-22-9-11-27(33-17-22)21-8-10-23-20(15-21)7-6-19(28(23)31)5-4-18-13-25(29)24(16-32)26(30)14-18/h6-11,13-15,17H,2-5,12H2,1H3. The first kappa shape index (κ1) is 23.3. The summed E-state index contributed by atoms with van der Waals surface area (Å²) in [6.45, 7) is 2.76. The highest BCUT2D eigenvalue weighted by Gasteiger charge is 2.13. The van der Waals surface area contributed by atoms with Gasteiger partial charge in [0.2, 0.25) is 0 Å². The molecular formula is C28H23F3N2O. The average Bonchev–Trinajstić information content (AvgIpc) is 2.84. The summed E-state index contributed by atoms with van der Waals surface area (Å²) in [6.07, 6.45) is 4.26. The molecule has 3 aromatic carbocycles. The molecule has 34 heavy (non-hydrogen) atoms. The molecule has 0 radical (unpaired) electrons. The molecule has 172 valence electrons.